The van der Waals surface area contributed by atoms with Gasteiger partial charge in [0, 0.05) is 5.56 Å². The topological polar surface area (TPSA) is 86.0 Å². The highest BCUT2D eigenvalue weighted by Gasteiger charge is 2.10. The van der Waals surface area contributed by atoms with Crippen molar-refractivity contribution in [2.75, 3.05) is 6.61 Å². The third-order valence-corrected chi connectivity index (χ3v) is 3.43. The van der Waals surface area contributed by atoms with Crippen LogP contribution in [0.2, 0.25) is 0 Å². The van der Waals surface area contributed by atoms with Crippen LogP contribution in [0.25, 0.3) is 0 Å². The second-order valence-electron chi connectivity index (χ2n) is 3.51. The molecule has 0 bridgehead atoms. The number of benzene rings is 1. The fraction of sp³-hybridized carbons (Fsp3) is 0.333. The van der Waals surface area contributed by atoms with Crippen molar-refractivity contribution in [3.63, 3.8) is 0 Å². The molecule has 1 rings (SSSR count). The first-order valence-electron chi connectivity index (χ1n) is 5.66. The number of guanidine groups is 1. The van der Waals surface area contributed by atoms with Crippen LogP contribution in [0.4, 0.5) is 0 Å². The summed E-state index contributed by atoms with van der Waals surface area (Å²) in [5, 5.41) is 7.39. The monoisotopic (exact) mass is 360 g/mol. The van der Waals surface area contributed by atoms with Crippen molar-refractivity contribution >= 4 is 34.8 Å². The van der Waals surface area contributed by atoms with Crippen LogP contribution in [0.15, 0.2) is 22.3 Å². The second-order valence-corrected chi connectivity index (χ2v) is 4.59. The van der Waals surface area contributed by atoms with Crippen molar-refractivity contribution in [1.82, 2.24) is 0 Å². The van der Waals surface area contributed by atoms with E-state index >= 15 is 0 Å². The summed E-state index contributed by atoms with van der Waals surface area (Å²) < 4.78 is 6.76. The molecule has 18 heavy (non-hydrogen) atoms. The van der Waals surface area contributed by atoms with Crippen LogP contribution in [0.1, 0.15) is 25.0 Å². The average molecular weight is 360 g/mol. The van der Waals surface area contributed by atoms with Crippen molar-refractivity contribution in [3.8, 4) is 5.75 Å². The third-order valence-electron chi connectivity index (χ3n) is 2.25. The molecule has 6 heteroatoms. The maximum absolute atomic E-state index is 5.66. The van der Waals surface area contributed by atoms with Gasteiger partial charge in [0.1, 0.15) is 5.75 Å². The first kappa shape index (κ1) is 14.7. The Labute approximate surface area is 120 Å². The van der Waals surface area contributed by atoms with Crippen LogP contribution < -0.4 is 16.2 Å². The Morgan fingerprint density at radius 3 is 2.67 bits per heavy atom. The molecule has 0 unspecified atom stereocenters. The van der Waals surface area contributed by atoms with Crippen LogP contribution in [-0.4, -0.2) is 18.8 Å². The molecule has 0 radical (unpaired) electrons. The number of halogens is 1. The zero-order chi connectivity index (χ0) is 13.5. The molecule has 0 heterocycles. The van der Waals surface area contributed by atoms with Crippen molar-refractivity contribution in [1.29, 1.82) is 0 Å². The van der Waals surface area contributed by atoms with E-state index in [-0.39, 0.29) is 5.96 Å². The molecule has 0 aliphatic carbocycles. The molecule has 0 saturated heterocycles. The highest BCUT2D eigenvalue weighted by Crippen LogP contribution is 2.28. The Morgan fingerprint density at radius 2 is 2.11 bits per heavy atom. The maximum Gasteiger partial charge on any atom is 0.211 e. The Morgan fingerprint density at radius 1 is 1.39 bits per heavy atom. The van der Waals surface area contributed by atoms with E-state index in [1.165, 1.54) is 5.56 Å². The molecule has 98 valence electrons. The average Bonchev–Trinajstić information content (AvgIpc) is 2.33. The van der Waals surface area contributed by atoms with Crippen LogP contribution in [0.3, 0.4) is 0 Å². The number of nitrogens with two attached hydrogens (primary N) is 2. The summed E-state index contributed by atoms with van der Waals surface area (Å²) >= 11 is 2.28. The SMILES string of the molecule is CCOc1c(/C=N/N=C(N)N)ccc(CC)c1I. The number of ether oxygens (including phenoxy) is 1. The minimum Gasteiger partial charge on any atom is -0.492 e. The van der Waals surface area contributed by atoms with E-state index < -0.39 is 0 Å². The zero-order valence-electron chi connectivity index (χ0n) is 10.5. The second kappa shape index (κ2) is 7.20. The van der Waals surface area contributed by atoms with Crippen LogP contribution in [0, 0.1) is 3.57 Å². The lowest BCUT2D eigenvalue weighted by Crippen LogP contribution is -2.21. The summed E-state index contributed by atoms with van der Waals surface area (Å²) in [6.45, 7) is 4.67. The standard InChI is InChI=1S/C12H17IN4O/c1-3-8-5-6-9(7-16-17-12(14)15)11(10(8)13)18-4-2/h5-7H,3-4H2,1-2H3,(H4,14,15,17)/b16-7+. The molecule has 5 nitrogen and oxygen atoms in total. The van der Waals surface area contributed by atoms with E-state index in [2.05, 4.69) is 45.8 Å². The Bertz CT molecular complexity index is 467. The van der Waals surface area contributed by atoms with Crippen LogP contribution >= 0.6 is 22.6 Å². The molecular weight excluding hydrogens is 343 g/mol. The fourth-order valence-electron chi connectivity index (χ4n) is 1.44. The summed E-state index contributed by atoms with van der Waals surface area (Å²) in [4.78, 5) is 0. The smallest absolute Gasteiger partial charge is 0.211 e. The molecule has 0 atom stereocenters. The van der Waals surface area contributed by atoms with Crippen molar-refractivity contribution in [2.45, 2.75) is 20.3 Å². The zero-order valence-corrected chi connectivity index (χ0v) is 12.6. The van der Waals surface area contributed by atoms with Gasteiger partial charge in [-0.2, -0.15) is 5.10 Å². The lowest BCUT2D eigenvalue weighted by molar-refractivity contribution is 0.337. The summed E-state index contributed by atoms with van der Waals surface area (Å²) in [7, 11) is 0. The van der Waals surface area contributed by atoms with E-state index in [4.69, 9.17) is 16.2 Å². The Balaban J connectivity index is 3.14. The number of aryl methyl sites for hydroxylation is 1. The van der Waals surface area contributed by atoms with Gasteiger partial charge in [-0.1, -0.05) is 13.0 Å². The van der Waals surface area contributed by atoms with Gasteiger partial charge in [0.05, 0.1) is 16.4 Å². The van der Waals surface area contributed by atoms with Gasteiger partial charge in [-0.15, -0.1) is 5.10 Å². The van der Waals surface area contributed by atoms with Gasteiger partial charge in [-0.3, -0.25) is 0 Å². The number of nitrogens with zero attached hydrogens (tertiary/aromatic N) is 2. The molecule has 0 aliphatic heterocycles. The molecule has 0 spiro atoms. The van der Waals surface area contributed by atoms with E-state index in [1.807, 2.05) is 13.0 Å². The number of rotatable bonds is 5. The predicted octanol–water partition coefficient (Wildman–Crippen LogP) is 1.86. The highest BCUT2D eigenvalue weighted by molar-refractivity contribution is 14.1. The first-order chi connectivity index (χ1) is 8.60. The fourth-order valence-corrected chi connectivity index (χ4v) is 2.46. The van der Waals surface area contributed by atoms with Gasteiger partial charge in [0.15, 0.2) is 0 Å². The summed E-state index contributed by atoms with van der Waals surface area (Å²) in [5.74, 6) is 0.760. The maximum atomic E-state index is 5.66. The minimum atomic E-state index is -0.0657. The summed E-state index contributed by atoms with van der Waals surface area (Å²) in [6.07, 6.45) is 2.55. The Hall–Kier alpha value is -1.31. The van der Waals surface area contributed by atoms with Crippen molar-refractivity contribution < 1.29 is 4.74 Å². The molecule has 4 N–H and O–H groups in total. The van der Waals surface area contributed by atoms with Gasteiger partial charge in [-0.25, -0.2) is 0 Å². The van der Waals surface area contributed by atoms with Gasteiger partial charge in [-0.05, 0) is 47.6 Å². The lowest BCUT2D eigenvalue weighted by Gasteiger charge is -2.12. The molecule has 1 aromatic carbocycles. The van der Waals surface area contributed by atoms with E-state index in [0.717, 1.165) is 21.3 Å². The number of hydrogen-bond acceptors (Lipinski definition) is 3. The summed E-state index contributed by atoms with van der Waals surface area (Å²) in [5.41, 5.74) is 12.5. The normalized spacial score (nSPS) is 10.6. The quantitative estimate of drug-likeness (QED) is 0.364. The van der Waals surface area contributed by atoms with Crippen molar-refractivity contribution in [2.24, 2.45) is 21.7 Å². The molecule has 0 fully saturated rings. The first-order valence-corrected chi connectivity index (χ1v) is 6.74. The lowest BCUT2D eigenvalue weighted by atomic mass is 10.1. The molecule has 0 amide bonds. The highest BCUT2D eigenvalue weighted by atomic mass is 127. The van der Waals surface area contributed by atoms with E-state index in [9.17, 15) is 0 Å². The van der Waals surface area contributed by atoms with E-state index in [0.29, 0.717) is 6.61 Å². The molecule has 1 aromatic rings. The van der Waals surface area contributed by atoms with Gasteiger partial charge in [0.2, 0.25) is 5.96 Å². The van der Waals surface area contributed by atoms with Gasteiger partial charge in [0.25, 0.3) is 0 Å². The van der Waals surface area contributed by atoms with Gasteiger partial charge >= 0.3 is 0 Å². The molecule has 0 saturated carbocycles. The molecule has 0 aromatic heterocycles. The minimum absolute atomic E-state index is 0.0657. The summed E-state index contributed by atoms with van der Waals surface area (Å²) in [6, 6.07) is 4.01. The largest absolute Gasteiger partial charge is 0.492 e. The molecule has 0 aliphatic rings. The van der Waals surface area contributed by atoms with Gasteiger partial charge < -0.3 is 16.2 Å². The number of hydrogen-bond donors (Lipinski definition) is 2. The Kier molecular flexibility index (Phi) is 5.90. The van der Waals surface area contributed by atoms with Crippen molar-refractivity contribution in [3.05, 3.63) is 26.8 Å². The van der Waals surface area contributed by atoms with Crippen LogP contribution in [-0.2, 0) is 6.42 Å². The van der Waals surface area contributed by atoms with Crippen LogP contribution in [0.5, 0.6) is 5.75 Å². The predicted molar refractivity (Wildman–Crippen MR) is 83.1 cm³/mol. The molecular formula is C12H17IN4O. The van der Waals surface area contributed by atoms with E-state index in [1.54, 1.807) is 6.21 Å². The third kappa shape index (κ3) is 3.86.